The van der Waals surface area contributed by atoms with Gasteiger partial charge in [-0.05, 0) is 31.4 Å². The Balaban J connectivity index is 1.73. The van der Waals surface area contributed by atoms with E-state index in [9.17, 15) is 14.7 Å². The van der Waals surface area contributed by atoms with Gasteiger partial charge in [0.1, 0.15) is 0 Å². The average molecular weight is 372 g/mol. The number of carbonyl (C=O) groups excluding carboxylic acids is 1. The van der Waals surface area contributed by atoms with Crippen molar-refractivity contribution in [2.24, 2.45) is 11.8 Å². The molecule has 1 aromatic carbocycles. The number of benzene rings is 1. The van der Waals surface area contributed by atoms with Crippen molar-refractivity contribution in [3.63, 3.8) is 0 Å². The topological polar surface area (TPSA) is 79.3 Å². The van der Waals surface area contributed by atoms with E-state index in [1.165, 1.54) is 0 Å². The first-order valence-electron chi connectivity index (χ1n) is 9.11. The minimum atomic E-state index is -0.849. The number of rotatable bonds is 7. The predicted octanol–water partition coefficient (Wildman–Crippen LogP) is 3.96. The summed E-state index contributed by atoms with van der Waals surface area (Å²) in [6.07, 6.45) is 6.95. The molecule has 0 saturated carbocycles. The van der Waals surface area contributed by atoms with Gasteiger partial charge in [-0.25, -0.2) is 4.98 Å². The maximum Gasteiger partial charge on any atom is 0.308 e. The fraction of sp³-hybridized carbons (Fsp3) is 0.450. The largest absolute Gasteiger partial charge is 0.481 e. The van der Waals surface area contributed by atoms with E-state index in [2.05, 4.69) is 11.4 Å². The molecule has 0 bridgehead atoms. The lowest BCUT2D eigenvalue weighted by Crippen LogP contribution is -2.39. The number of hydrogen-bond donors (Lipinski definition) is 2. The normalized spacial score (nSPS) is 20.8. The molecule has 1 aliphatic rings. The van der Waals surface area contributed by atoms with Crippen LogP contribution in [-0.2, 0) is 9.59 Å². The number of carboxylic acid groups (broad SMARTS) is 1. The lowest BCUT2D eigenvalue weighted by molar-refractivity contribution is -0.142. The summed E-state index contributed by atoms with van der Waals surface area (Å²) in [4.78, 5) is 28.8. The second-order valence-electron chi connectivity index (χ2n) is 6.74. The summed E-state index contributed by atoms with van der Waals surface area (Å²) in [5, 5.41) is 13.1. The van der Waals surface area contributed by atoms with Crippen LogP contribution in [0.1, 0.15) is 43.5 Å². The Kier molecular flexibility index (Phi) is 6.04. The minimum absolute atomic E-state index is 0.0480. The Morgan fingerprint density at radius 1 is 1.31 bits per heavy atom. The highest BCUT2D eigenvalue weighted by molar-refractivity contribution is 7.18. The van der Waals surface area contributed by atoms with E-state index in [1.807, 2.05) is 37.3 Å². The molecule has 3 atom stereocenters. The van der Waals surface area contributed by atoms with Gasteiger partial charge >= 0.3 is 5.97 Å². The monoisotopic (exact) mass is 372 g/mol. The summed E-state index contributed by atoms with van der Waals surface area (Å²) in [5.74, 6) is -1.59. The van der Waals surface area contributed by atoms with Crippen LogP contribution < -0.4 is 5.32 Å². The van der Waals surface area contributed by atoms with E-state index < -0.39 is 11.9 Å². The zero-order chi connectivity index (χ0) is 18.5. The predicted molar refractivity (Wildman–Crippen MR) is 103 cm³/mol. The molecule has 26 heavy (non-hydrogen) atoms. The molecule has 0 radical (unpaired) electrons. The lowest BCUT2D eigenvalue weighted by atomic mass is 9.82. The second-order valence-corrected chi connectivity index (χ2v) is 7.81. The van der Waals surface area contributed by atoms with Gasteiger partial charge in [0.25, 0.3) is 0 Å². The lowest BCUT2D eigenvalue weighted by Gasteiger charge is -2.26. The van der Waals surface area contributed by atoms with Crippen molar-refractivity contribution >= 4 is 33.4 Å². The highest BCUT2D eigenvalue weighted by atomic mass is 32.1. The quantitative estimate of drug-likeness (QED) is 0.721. The Morgan fingerprint density at radius 3 is 2.81 bits per heavy atom. The third-order valence-corrected chi connectivity index (χ3v) is 6.07. The molecule has 5 nitrogen and oxygen atoms in total. The van der Waals surface area contributed by atoms with Crippen molar-refractivity contribution in [3.05, 3.63) is 41.4 Å². The van der Waals surface area contributed by atoms with E-state index in [4.69, 9.17) is 4.98 Å². The van der Waals surface area contributed by atoms with Crippen LogP contribution in [0.4, 0.5) is 0 Å². The molecular weight excluding hydrogens is 348 g/mol. The molecule has 2 aromatic rings. The van der Waals surface area contributed by atoms with Crippen LogP contribution in [0.2, 0.25) is 0 Å². The van der Waals surface area contributed by atoms with E-state index in [0.29, 0.717) is 12.8 Å². The van der Waals surface area contributed by atoms with E-state index >= 15 is 0 Å². The molecule has 1 amide bonds. The number of para-hydroxylation sites is 1. The van der Waals surface area contributed by atoms with E-state index in [-0.39, 0.29) is 24.3 Å². The standard InChI is InChI=1S/C20H24N2O3S/c1-2-7-13(20(24)25)12-21-18(23)14-8-3-4-9-15(14)19-22-16-10-5-6-11-17(16)26-19/h3-6,10-11,13-15H,2,7-9,12H2,1H3,(H,21,23)(H,24,25). The van der Waals surface area contributed by atoms with Crippen molar-refractivity contribution in [3.8, 4) is 0 Å². The van der Waals surface area contributed by atoms with Crippen molar-refractivity contribution in [1.82, 2.24) is 10.3 Å². The summed E-state index contributed by atoms with van der Waals surface area (Å²) in [7, 11) is 0. The first-order valence-corrected chi connectivity index (χ1v) is 9.92. The van der Waals surface area contributed by atoms with E-state index in [0.717, 1.165) is 28.1 Å². The molecule has 3 unspecified atom stereocenters. The number of carboxylic acids is 1. The van der Waals surface area contributed by atoms with Gasteiger partial charge in [0.05, 0.1) is 27.1 Å². The SMILES string of the molecule is CCCC(CNC(=O)C1CC=CCC1c1nc2ccccc2s1)C(=O)O. The molecule has 2 N–H and O–H groups in total. The number of thiazole rings is 1. The van der Waals surface area contributed by atoms with Crippen molar-refractivity contribution in [1.29, 1.82) is 0 Å². The highest BCUT2D eigenvalue weighted by Crippen LogP contribution is 2.38. The molecule has 0 aliphatic heterocycles. The van der Waals surface area contributed by atoms with Crippen molar-refractivity contribution in [2.45, 2.75) is 38.5 Å². The molecule has 1 aromatic heterocycles. The van der Waals surface area contributed by atoms with Gasteiger partial charge in [0.2, 0.25) is 5.91 Å². The maximum atomic E-state index is 12.8. The summed E-state index contributed by atoms with van der Waals surface area (Å²) >= 11 is 1.64. The molecule has 0 spiro atoms. The van der Waals surface area contributed by atoms with Gasteiger partial charge in [0.15, 0.2) is 0 Å². The van der Waals surface area contributed by atoms with Crippen LogP contribution >= 0.6 is 11.3 Å². The van der Waals surface area contributed by atoms with Crippen molar-refractivity contribution in [2.75, 3.05) is 6.54 Å². The van der Waals surface area contributed by atoms with Crippen LogP contribution in [0.25, 0.3) is 10.2 Å². The van der Waals surface area contributed by atoms with E-state index in [1.54, 1.807) is 11.3 Å². The number of aliphatic carboxylic acids is 1. The minimum Gasteiger partial charge on any atom is -0.481 e. The van der Waals surface area contributed by atoms with Gasteiger partial charge in [0, 0.05) is 12.5 Å². The Bertz CT molecular complexity index is 781. The van der Waals surface area contributed by atoms with Crippen molar-refractivity contribution < 1.29 is 14.7 Å². The Labute approximate surface area is 157 Å². The first kappa shape index (κ1) is 18.6. The second kappa shape index (κ2) is 8.45. The summed E-state index contributed by atoms with van der Waals surface area (Å²) < 4.78 is 1.13. The molecule has 1 aliphatic carbocycles. The summed E-state index contributed by atoms with van der Waals surface area (Å²) in [5.41, 5.74) is 0.968. The summed E-state index contributed by atoms with van der Waals surface area (Å²) in [6, 6.07) is 8.00. The number of carbonyl (C=O) groups is 2. The Morgan fingerprint density at radius 2 is 2.08 bits per heavy atom. The van der Waals surface area contributed by atoms with Gasteiger partial charge in [-0.15, -0.1) is 11.3 Å². The fourth-order valence-electron chi connectivity index (χ4n) is 3.44. The highest BCUT2D eigenvalue weighted by Gasteiger charge is 2.32. The molecule has 138 valence electrons. The number of nitrogens with one attached hydrogen (secondary N) is 1. The van der Waals surface area contributed by atoms with Crippen LogP contribution in [0.3, 0.4) is 0 Å². The Hall–Kier alpha value is -2.21. The smallest absolute Gasteiger partial charge is 0.308 e. The first-order chi connectivity index (χ1) is 12.6. The van der Waals surface area contributed by atoms with Gasteiger partial charge in [-0.3, -0.25) is 9.59 Å². The maximum absolute atomic E-state index is 12.8. The summed E-state index contributed by atoms with van der Waals surface area (Å²) in [6.45, 7) is 2.14. The zero-order valence-electron chi connectivity index (χ0n) is 14.9. The molecule has 3 rings (SSSR count). The molecule has 6 heteroatoms. The number of amides is 1. The third-order valence-electron chi connectivity index (χ3n) is 4.91. The number of allylic oxidation sites excluding steroid dienone is 2. The number of aromatic nitrogens is 1. The number of fused-ring (bicyclic) bond motifs is 1. The van der Waals surface area contributed by atoms with Gasteiger partial charge in [-0.2, -0.15) is 0 Å². The van der Waals surface area contributed by atoms with Crippen LogP contribution in [0, 0.1) is 11.8 Å². The zero-order valence-corrected chi connectivity index (χ0v) is 15.7. The fourth-order valence-corrected chi connectivity index (χ4v) is 4.59. The average Bonchev–Trinajstić information content (AvgIpc) is 3.08. The number of nitrogens with zero attached hydrogens (tertiary/aromatic N) is 1. The van der Waals surface area contributed by atoms with Crippen LogP contribution in [0.15, 0.2) is 36.4 Å². The molecule has 1 heterocycles. The van der Waals surface area contributed by atoms with Crippen LogP contribution in [-0.4, -0.2) is 28.5 Å². The van der Waals surface area contributed by atoms with Gasteiger partial charge < -0.3 is 10.4 Å². The molecule has 0 saturated heterocycles. The molecule has 0 fully saturated rings. The van der Waals surface area contributed by atoms with Crippen LogP contribution in [0.5, 0.6) is 0 Å². The third kappa shape index (κ3) is 4.12. The number of hydrogen-bond acceptors (Lipinski definition) is 4. The van der Waals surface area contributed by atoms with Gasteiger partial charge in [-0.1, -0.05) is 37.6 Å². The molecular formula is C20H24N2O3S.